The number of nitrogens with one attached hydrogen (secondary N) is 1. The van der Waals surface area contributed by atoms with Crippen LogP contribution in [-0.4, -0.2) is 26.4 Å². The van der Waals surface area contributed by atoms with Crippen molar-refractivity contribution in [2.45, 2.75) is 32.4 Å². The summed E-state index contributed by atoms with van der Waals surface area (Å²) in [5.74, 6) is 0.936. The Morgan fingerprint density at radius 1 is 1.33 bits per heavy atom. The second kappa shape index (κ2) is 8.51. The van der Waals surface area contributed by atoms with E-state index in [1.807, 2.05) is 0 Å². The number of ether oxygens (including phenoxy) is 2. The van der Waals surface area contributed by atoms with Gasteiger partial charge in [0, 0.05) is 30.3 Å². The van der Waals surface area contributed by atoms with E-state index >= 15 is 0 Å². The molecule has 0 heterocycles. The third-order valence-electron chi connectivity index (χ3n) is 3.25. The van der Waals surface area contributed by atoms with E-state index in [4.69, 9.17) is 16.3 Å². The molecule has 0 spiro atoms. The molecule has 0 bridgehead atoms. The molecule has 1 aromatic rings. The average Bonchev–Trinajstić information content (AvgIpc) is 3.24. The summed E-state index contributed by atoms with van der Waals surface area (Å²) in [6.07, 6.45) is 3.47. The third kappa shape index (κ3) is 6.59. The van der Waals surface area contributed by atoms with Gasteiger partial charge in [0.1, 0.15) is 5.75 Å². The highest BCUT2D eigenvalue weighted by molar-refractivity contribution is 6.30. The molecule has 1 N–H and O–H groups in total. The molecule has 6 heteroatoms. The van der Waals surface area contributed by atoms with Gasteiger partial charge in [-0.1, -0.05) is 11.6 Å². The molecule has 21 heavy (non-hydrogen) atoms. The highest BCUT2D eigenvalue weighted by atomic mass is 35.5. The normalized spacial score (nSPS) is 14.7. The fourth-order valence-electron chi connectivity index (χ4n) is 1.95. The molecule has 0 aromatic heterocycles. The molecule has 0 aliphatic heterocycles. The predicted molar refractivity (Wildman–Crippen MR) is 78.0 cm³/mol. The number of rotatable bonds is 10. The van der Waals surface area contributed by atoms with Crippen LogP contribution in [0.2, 0.25) is 5.02 Å². The second-order valence-electron chi connectivity index (χ2n) is 5.18. The minimum atomic E-state index is -2.83. The summed E-state index contributed by atoms with van der Waals surface area (Å²) < 4.78 is 34.6. The van der Waals surface area contributed by atoms with Gasteiger partial charge in [0.2, 0.25) is 0 Å². The minimum absolute atomic E-state index is 0.159. The minimum Gasteiger partial charge on any atom is -0.434 e. The van der Waals surface area contributed by atoms with Gasteiger partial charge in [-0.2, -0.15) is 8.78 Å². The number of halogens is 3. The Bertz CT molecular complexity index is 442. The fourth-order valence-corrected chi connectivity index (χ4v) is 2.15. The van der Waals surface area contributed by atoms with Crippen LogP contribution in [0, 0.1) is 5.92 Å². The Hall–Kier alpha value is -0.910. The monoisotopic (exact) mass is 319 g/mol. The van der Waals surface area contributed by atoms with Crippen molar-refractivity contribution in [3.63, 3.8) is 0 Å². The van der Waals surface area contributed by atoms with E-state index in [-0.39, 0.29) is 5.75 Å². The van der Waals surface area contributed by atoms with Gasteiger partial charge in [0.15, 0.2) is 0 Å². The van der Waals surface area contributed by atoms with E-state index in [1.54, 1.807) is 6.07 Å². The summed E-state index contributed by atoms with van der Waals surface area (Å²) in [5, 5.41) is 3.68. The largest absolute Gasteiger partial charge is 0.434 e. The first kappa shape index (κ1) is 16.5. The van der Waals surface area contributed by atoms with E-state index in [9.17, 15) is 8.78 Å². The molecule has 118 valence electrons. The van der Waals surface area contributed by atoms with E-state index in [2.05, 4.69) is 10.1 Å². The fraction of sp³-hybridized carbons (Fsp3) is 0.600. The Labute approximate surface area is 128 Å². The lowest BCUT2D eigenvalue weighted by atomic mass is 10.2. The maximum Gasteiger partial charge on any atom is 0.387 e. The molecule has 1 fully saturated rings. The molecule has 0 radical (unpaired) electrons. The number of hydrogen-bond acceptors (Lipinski definition) is 3. The molecule has 1 aliphatic rings. The first-order valence-electron chi connectivity index (χ1n) is 7.17. The first-order chi connectivity index (χ1) is 10.1. The summed E-state index contributed by atoms with van der Waals surface area (Å²) in [6, 6.07) is 4.63. The zero-order valence-corrected chi connectivity index (χ0v) is 12.5. The zero-order valence-electron chi connectivity index (χ0n) is 11.8. The van der Waals surface area contributed by atoms with Gasteiger partial charge >= 0.3 is 6.61 Å². The topological polar surface area (TPSA) is 30.5 Å². The average molecular weight is 320 g/mol. The summed E-state index contributed by atoms with van der Waals surface area (Å²) in [4.78, 5) is 0. The highest BCUT2D eigenvalue weighted by Crippen LogP contribution is 2.28. The maximum absolute atomic E-state index is 12.3. The van der Waals surface area contributed by atoms with Crippen LogP contribution in [0.25, 0.3) is 0 Å². The molecule has 3 nitrogen and oxygen atoms in total. The highest BCUT2D eigenvalue weighted by Gasteiger charge is 2.20. The van der Waals surface area contributed by atoms with Crippen molar-refractivity contribution < 1.29 is 18.3 Å². The molecule has 1 aliphatic carbocycles. The first-order valence-corrected chi connectivity index (χ1v) is 7.54. The van der Waals surface area contributed by atoms with Crippen molar-refractivity contribution in [2.24, 2.45) is 5.92 Å². The molecule has 1 saturated carbocycles. The molecule has 0 saturated heterocycles. The van der Waals surface area contributed by atoms with Crippen molar-refractivity contribution in [1.82, 2.24) is 5.32 Å². The van der Waals surface area contributed by atoms with E-state index in [1.165, 1.54) is 25.0 Å². The Kier molecular flexibility index (Phi) is 6.67. The van der Waals surface area contributed by atoms with Gasteiger partial charge in [-0.05, 0) is 49.9 Å². The lowest BCUT2D eigenvalue weighted by Crippen LogP contribution is -2.17. The Morgan fingerprint density at radius 3 is 2.86 bits per heavy atom. The van der Waals surface area contributed by atoms with Crippen molar-refractivity contribution >= 4 is 11.6 Å². The number of alkyl halides is 2. The van der Waals surface area contributed by atoms with E-state index in [0.29, 0.717) is 17.1 Å². The van der Waals surface area contributed by atoms with Crippen LogP contribution in [0.1, 0.15) is 24.8 Å². The van der Waals surface area contributed by atoms with Crippen LogP contribution in [0.5, 0.6) is 5.75 Å². The lowest BCUT2D eigenvalue weighted by molar-refractivity contribution is -0.0504. The quantitative estimate of drug-likeness (QED) is 0.665. The Balaban J connectivity index is 1.67. The van der Waals surface area contributed by atoms with Gasteiger partial charge in [-0.25, -0.2) is 0 Å². The van der Waals surface area contributed by atoms with Gasteiger partial charge in [-0.15, -0.1) is 0 Å². The molecule has 1 aromatic carbocycles. The van der Waals surface area contributed by atoms with Crippen LogP contribution in [0.3, 0.4) is 0 Å². The summed E-state index contributed by atoms with van der Waals surface area (Å²) >= 11 is 5.88. The predicted octanol–water partition coefficient (Wildman–Crippen LogP) is 3.85. The van der Waals surface area contributed by atoms with Crippen LogP contribution in [-0.2, 0) is 11.3 Å². The van der Waals surface area contributed by atoms with E-state index < -0.39 is 6.61 Å². The lowest BCUT2D eigenvalue weighted by Gasteiger charge is -2.12. The number of benzene rings is 1. The van der Waals surface area contributed by atoms with Crippen LogP contribution >= 0.6 is 11.6 Å². The van der Waals surface area contributed by atoms with Crippen molar-refractivity contribution in [3.05, 3.63) is 28.8 Å². The second-order valence-corrected chi connectivity index (χ2v) is 5.62. The van der Waals surface area contributed by atoms with Gasteiger partial charge < -0.3 is 14.8 Å². The maximum atomic E-state index is 12.3. The van der Waals surface area contributed by atoms with Crippen molar-refractivity contribution in [2.75, 3.05) is 19.8 Å². The number of hydrogen-bond donors (Lipinski definition) is 1. The van der Waals surface area contributed by atoms with Crippen LogP contribution in [0.4, 0.5) is 8.78 Å². The van der Waals surface area contributed by atoms with Crippen LogP contribution < -0.4 is 10.1 Å². The molecule has 0 unspecified atom stereocenters. The molecule has 2 rings (SSSR count). The van der Waals surface area contributed by atoms with Crippen molar-refractivity contribution in [3.8, 4) is 5.75 Å². The van der Waals surface area contributed by atoms with Gasteiger partial charge in [-0.3, -0.25) is 0 Å². The van der Waals surface area contributed by atoms with Crippen LogP contribution in [0.15, 0.2) is 18.2 Å². The van der Waals surface area contributed by atoms with Gasteiger partial charge in [0.25, 0.3) is 0 Å². The van der Waals surface area contributed by atoms with Gasteiger partial charge in [0.05, 0.1) is 0 Å². The van der Waals surface area contributed by atoms with E-state index in [0.717, 1.165) is 32.1 Å². The zero-order chi connectivity index (χ0) is 15.1. The summed E-state index contributed by atoms with van der Waals surface area (Å²) in [5.41, 5.74) is 0.627. The Morgan fingerprint density at radius 2 is 2.14 bits per heavy atom. The summed E-state index contributed by atoms with van der Waals surface area (Å²) in [7, 11) is 0. The van der Waals surface area contributed by atoms with Crippen molar-refractivity contribution in [1.29, 1.82) is 0 Å². The SMILES string of the molecule is FC(F)Oc1ccc(Cl)cc1CNCCCOCC1CC1. The molecular weight excluding hydrogens is 300 g/mol. The third-order valence-corrected chi connectivity index (χ3v) is 3.48. The standard InChI is InChI=1S/C15H20ClF2NO2/c16-13-4-5-14(21-15(17)18)12(8-13)9-19-6-1-7-20-10-11-2-3-11/h4-5,8,11,15,19H,1-3,6-7,9-10H2. The molecule has 0 atom stereocenters. The summed E-state index contributed by atoms with van der Waals surface area (Å²) in [6.45, 7) is -0.0582. The smallest absolute Gasteiger partial charge is 0.387 e. The molecule has 0 amide bonds. The molecular formula is C15H20ClF2NO2.